The van der Waals surface area contributed by atoms with E-state index in [0.29, 0.717) is 12.2 Å². The summed E-state index contributed by atoms with van der Waals surface area (Å²) in [5, 5.41) is 15.0. The number of aliphatic hydroxyl groups excluding tert-OH is 2. The highest BCUT2D eigenvalue weighted by Crippen LogP contribution is 2.40. The second kappa shape index (κ2) is 26.1. The van der Waals surface area contributed by atoms with Crippen LogP contribution in [0.3, 0.4) is 0 Å². The lowest BCUT2D eigenvalue weighted by Crippen LogP contribution is -2.25. The smallest absolute Gasteiger partial charge is 0.147 e. The van der Waals surface area contributed by atoms with E-state index in [1.165, 1.54) is 82.6 Å². The third kappa shape index (κ3) is 19.2. The van der Waals surface area contributed by atoms with E-state index in [1.54, 1.807) is 0 Å². The molecular weight excluding hydrogens is 464 g/mol. The highest BCUT2D eigenvalue weighted by molar-refractivity contribution is 5.72. The Morgan fingerprint density at radius 1 is 0.919 bits per heavy atom. The van der Waals surface area contributed by atoms with E-state index in [1.807, 2.05) is 13.9 Å². The molecule has 0 aliphatic heterocycles. The molecule has 0 radical (unpaired) electrons. The standard InChI is InChI=1S/C26H46O.C4H6O2.CH4O.CH2O/c1-5-6-7-8-22-9-11-23(12-10-22)13-14-24-15-17-25(18-16-24)26(20-27-4)19-21(2)3;1-4(2-5)3-6;2*1-2/h5-6,22-26H,2,7-20H2,1,3-4H3;2,6H,1,3H2;2H,1H3;1H2/b6-5+;;;. The van der Waals surface area contributed by atoms with Gasteiger partial charge in [-0.1, -0.05) is 75.7 Å². The Hall–Kier alpha value is -1.56. The number of methoxy groups -OCH3 is 1. The van der Waals surface area contributed by atoms with Gasteiger partial charge in [0.1, 0.15) is 13.1 Å². The van der Waals surface area contributed by atoms with E-state index < -0.39 is 0 Å². The molecule has 0 bridgehead atoms. The molecular formula is C32H58O5. The number of hydrogen-bond acceptors (Lipinski definition) is 5. The van der Waals surface area contributed by atoms with Gasteiger partial charge in [-0.15, -0.1) is 6.58 Å². The molecule has 0 heterocycles. The lowest BCUT2D eigenvalue weighted by molar-refractivity contribution is -0.105. The average Bonchev–Trinajstić information content (AvgIpc) is 2.94. The molecule has 0 aromatic rings. The molecule has 37 heavy (non-hydrogen) atoms. The normalized spacial score (nSPS) is 23.7. The Kier molecular flexibility index (Phi) is 26.5. The van der Waals surface area contributed by atoms with E-state index in [4.69, 9.17) is 19.7 Å². The van der Waals surface area contributed by atoms with Crippen LogP contribution in [0.25, 0.3) is 0 Å². The van der Waals surface area contributed by atoms with Crippen LogP contribution >= 0.6 is 0 Å². The van der Waals surface area contributed by atoms with Crippen molar-refractivity contribution < 1.29 is 24.5 Å². The molecule has 2 aliphatic carbocycles. The fourth-order valence-electron chi connectivity index (χ4n) is 5.79. The topological polar surface area (TPSA) is 83.8 Å². The Bertz CT molecular complexity index is 584. The maximum absolute atomic E-state index is 9.48. The molecule has 2 N–H and O–H groups in total. The maximum Gasteiger partial charge on any atom is 0.147 e. The zero-order valence-electron chi connectivity index (χ0n) is 24.5. The van der Waals surface area contributed by atoms with Crippen LogP contribution < -0.4 is 0 Å². The summed E-state index contributed by atoms with van der Waals surface area (Å²) in [6.45, 7) is 14.3. The van der Waals surface area contributed by atoms with Gasteiger partial charge in [0.05, 0.1) is 6.61 Å². The second-order valence-electron chi connectivity index (χ2n) is 10.7. The summed E-state index contributed by atoms with van der Waals surface area (Å²) in [6, 6.07) is 0. The number of carbonyl (C=O) groups excluding carboxylic acids is 2. The van der Waals surface area contributed by atoms with Gasteiger partial charge in [0.2, 0.25) is 0 Å². The van der Waals surface area contributed by atoms with Crippen LogP contribution in [0.2, 0.25) is 0 Å². The molecule has 0 saturated heterocycles. The highest BCUT2D eigenvalue weighted by atomic mass is 16.5. The predicted molar refractivity (Wildman–Crippen MR) is 157 cm³/mol. The van der Waals surface area contributed by atoms with Crippen LogP contribution in [0.5, 0.6) is 0 Å². The summed E-state index contributed by atoms with van der Waals surface area (Å²) in [4.78, 5) is 17.5. The largest absolute Gasteiger partial charge is 0.400 e. The molecule has 0 aromatic heterocycles. The number of hydrogen-bond donors (Lipinski definition) is 2. The summed E-state index contributed by atoms with van der Waals surface area (Å²) in [5.74, 6) is 4.61. The maximum atomic E-state index is 9.48. The quantitative estimate of drug-likeness (QED) is 0.153. The predicted octanol–water partition coefficient (Wildman–Crippen LogP) is 7.12. The lowest BCUT2D eigenvalue weighted by atomic mass is 9.72. The van der Waals surface area contributed by atoms with Crippen LogP contribution in [0.4, 0.5) is 0 Å². The molecule has 1 unspecified atom stereocenters. The van der Waals surface area contributed by atoms with Crippen LogP contribution in [0, 0.1) is 29.6 Å². The molecule has 2 fully saturated rings. The summed E-state index contributed by atoms with van der Waals surface area (Å²) < 4.78 is 5.51. The monoisotopic (exact) mass is 522 g/mol. The van der Waals surface area contributed by atoms with Gasteiger partial charge in [0, 0.05) is 26.4 Å². The molecule has 216 valence electrons. The van der Waals surface area contributed by atoms with E-state index in [0.717, 1.165) is 43.8 Å². The van der Waals surface area contributed by atoms with E-state index in [2.05, 4.69) is 39.2 Å². The van der Waals surface area contributed by atoms with E-state index in [-0.39, 0.29) is 12.2 Å². The number of allylic oxidation sites excluding steroid dienone is 3. The van der Waals surface area contributed by atoms with Crippen molar-refractivity contribution >= 4 is 13.1 Å². The Morgan fingerprint density at radius 3 is 1.73 bits per heavy atom. The number of carbonyl (C=O) groups is 2. The zero-order valence-corrected chi connectivity index (χ0v) is 24.5. The average molecular weight is 523 g/mol. The minimum absolute atomic E-state index is 0.218. The first-order valence-electron chi connectivity index (χ1n) is 14.1. The van der Waals surface area contributed by atoms with Crippen molar-refractivity contribution in [2.45, 2.75) is 97.3 Å². The van der Waals surface area contributed by atoms with E-state index >= 15 is 0 Å². The first kappa shape index (κ1) is 37.6. The van der Waals surface area contributed by atoms with Gasteiger partial charge in [0.15, 0.2) is 0 Å². The SMILES string of the molecule is C=C(C)CC(COC)C1CCC(CCC2CCC(CC/C=C/C)CC2)CC1.C=C(C=O)CO.C=O.CO. The van der Waals surface area contributed by atoms with Gasteiger partial charge < -0.3 is 19.7 Å². The van der Waals surface area contributed by atoms with Gasteiger partial charge in [0.25, 0.3) is 0 Å². The first-order chi connectivity index (χ1) is 17.9. The minimum atomic E-state index is -0.233. The fourth-order valence-corrected chi connectivity index (χ4v) is 5.79. The number of aldehydes is 1. The van der Waals surface area contributed by atoms with Crippen LogP contribution in [0.15, 0.2) is 36.5 Å². The van der Waals surface area contributed by atoms with E-state index in [9.17, 15) is 4.79 Å². The van der Waals surface area contributed by atoms with Gasteiger partial charge in [-0.2, -0.15) is 0 Å². The Morgan fingerprint density at radius 2 is 1.38 bits per heavy atom. The Balaban J connectivity index is 0. The second-order valence-corrected chi connectivity index (χ2v) is 10.7. The zero-order chi connectivity index (χ0) is 28.5. The minimum Gasteiger partial charge on any atom is -0.400 e. The third-order valence-corrected chi connectivity index (χ3v) is 7.85. The molecule has 2 rings (SSSR count). The summed E-state index contributed by atoms with van der Waals surface area (Å²) in [6.07, 6.45) is 23.7. The lowest BCUT2D eigenvalue weighted by Gasteiger charge is -2.35. The van der Waals surface area contributed by atoms with Crippen molar-refractivity contribution in [2.75, 3.05) is 27.4 Å². The van der Waals surface area contributed by atoms with Gasteiger partial charge >= 0.3 is 0 Å². The first-order valence-corrected chi connectivity index (χ1v) is 14.1. The molecule has 5 heteroatoms. The highest BCUT2D eigenvalue weighted by Gasteiger charge is 2.28. The van der Waals surface area contributed by atoms with Crippen molar-refractivity contribution in [2.24, 2.45) is 29.6 Å². The summed E-state index contributed by atoms with van der Waals surface area (Å²) in [5.41, 5.74) is 1.54. The number of rotatable bonds is 13. The molecule has 2 aliphatic rings. The summed E-state index contributed by atoms with van der Waals surface area (Å²) >= 11 is 0. The van der Waals surface area contributed by atoms with Crippen molar-refractivity contribution in [3.05, 3.63) is 36.5 Å². The third-order valence-electron chi connectivity index (χ3n) is 7.85. The number of aliphatic hydroxyl groups is 2. The van der Waals surface area contributed by atoms with Gasteiger partial charge in [-0.25, -0.2) is 0 Å². The van der Waals surface area contributed by atoms with Crippen molar-refractivity contribution in [1.29, 1.82) is 0 Å². The molecule has 1 atom stereocenters. The van der Waals surface area contributed by atoms with Crippen molar-refractivity contribution in [3.8, 4) is 0 Å². The molecule has 5 nitrogen and oxygen atoms in total. The van der Waals surface area contributed by atoms with Crippen molar-refractivity contribution in [3.63, 3.8) is 0 Å². The summed E-state index contributed by atoms with van der Waals surface area (Å²) in [7, 11) is 2.85. The molecule has 0 aromatic carbocycles. The van der Waals surface area contributed by atoms with Crippen LogP contribution in [-0.4, -0.2) is 50.7 Å². The number of ether oxygens (including phenoxy) is 1. The van der Waals surface area contributed by atoms with Gasteiger partial charge in [-0.05, 0) is 75.5 Å². The van der Waals surface area contributed by atoms with Crippen LogP contribution in [0.1, 0.15) is 97.3 Å². The van der Waals surface area contributed by atoms with Crippen molar-refractivity contribution in [1.82, 2.24) is 0 Å². The fraction of sp³-hybridized carbons (Fsp3) is 0.750. The van der Waals surface area contributed by atoms with Gasteiger partial charge in [-0.3, -0.25) is 4.79 Å². The van der Waals surface area contributed by atoms with Crippen LogP contribution in [-0.2, 0) is 14.3 Å². The molecule has 0 amide bonds. The Labute approximate surface area is 228 Å². The molecule has 2 saturated carbocycles. The molecule has 0 spiro atoms.